The number of hydrogen-bond donors (Lipinski definition) is 11. The number of hydrogen-bond acceptors (Lipinski definition) is 12. The second kappa shape index (κ2) is 12.2. The topological polar surface area (TPSA) is 297 Å². The van der Waals surface area contributed by atoms with Gasteiger partial charge in [-0.1, -0.05) is 0 Å². The highest BCUT2D eigenvalue weighted by molar-refractivity contribution is 5.81. The van der Waals surface area contributed by atoms with E-state index in [0.29, 0.717) is 19.4 Å². The minimum atomic E-state index is -1.46. The van der Waals surface area contributed by atoms with Gasteiger partial charge in [0.25, 0.3) is 0 Å². The van der Waals surface area contributed by atoms with Crippen LogP contribution in [0.4, 0.5) is 0 Å². The van der Waals surface area contributed by atoms with Crippen LogP contribution in [0, 0.1) is 0 Å². The molecule has 1 unspecified atom stereocenters. The molecule has 0 spiro atoms. The first-order chi connectivity index (χ1) is 15.4. The summed E-state index contributed by atoms with van der Waals surface area (Å²) in [6.07, 6.45) is -8.03. The summed E-state index contributed by atoms with van der Waals surface area (Å²) in [5.74, 6) is -0.553. The van der Waals surface area contributed by atoms with Crippen LogP contribution in [0.3, 0.4) is 0 Å². The van der Waals surface area contributed by atoms with Gasteiger partial charge in [0.2, 0.25) is 5.91 Å². The number of amides is 1. The first kappa shape index (κ1) is 27.6. The molecule has 15 heteroatoms. The molecule has 1 heterocycles. The average molecular weight is 479 g/mol. The van der Waals surface area contributed by atoms with Gasteiger partial charge >= 0.3 is 0 Å². The lowest BCUT2D eigenvalue weighted by molar-refractivity contribution is -0.288. The first-order valence-corrected chi connectivity index (χ1v) is 10.8. The Morgan fingerprint density at radius 2 is 1.73 bits per heavy atom. The number of carbonyl (C=O) groups excluding carboxylic acids is 1. The summed E-state index contributed by atoms with van der Waals surface area (Å²) < 4.78 is 11.4. The molecular weight excluding hydrogens is 440 g/mol. The third-order valence-electron chi connectivity index (χ3n) is 5.91. The van der Waals surface area contributed by atoms with Crippen molar-refractivity contribution in [2.75, 3.05) is 13.1 Å². The van der Waals surface area contributed by atoms with Crippen molar-refractivity contribution in [1.29, 1.82) is 0 Å². The first-order valence-electron chi connectivity index (χ1n) is 10.8. The Balaban J connectivity index is 1.93. The predicted octanol–water partition coefficient (Wildman–Crippen LogP) is -6.58. The van der Waals surface area contributed by atoms with Gasteiger partial charge in [-0.2, -0.15) is 0 Å². The van der Waals surface area contributed by atoms with Gasteiger partial charge in [0, 0.05) is 25.2 Å². The van der Waals surface area contributed by atoms with Gasteiger partial charge < -0.3 is 69.6 Å². The Labute approximate surface area is 191 Å². The Hall–Kier alpha value is -1.66. The summed E-state index contributed by atoms with van der Waals surface area (Å²) in [6, 6.07) is -3.49. The molecule has 0 bridgehead atoms. The SMILES string of the molecule is NC(N)=NCCCC(N)C(=O)NC[C@H]1O[C@H](O[C@@H]2[C@@H](O)[C@H](O)[C@@H](N)C[C@H]2N)[C@H](N)[C@@H](O)[C@@H]1O. The van der Waals surface area contributed by atoms with Crippen LogP contribution in [0.5, 0.6) is 0 Å². The van der Waals surface area contributed by atoms with E-state index in [4.69, 9.17) is 43.9 Å². The highest BCUT2D eigenvalue weighted by Crippen LogP contribution is 2.27. The van der Waals surface area contributed by atoms with E-state index in [0.717, 1.165) is 0 Å². The van der Waals surface area contributed by atoms with E-state index >= 15 is 0 Å². The molecular formula is C18H38N8O7. The molecule has 0 radical (unpaired) electrons. The summed E-state index contributed by atoms with van der Waals surface area (Å²) in [4.78, 5) is 16.1. The summed E-state index contributed by atoms with van der Waals surface area (Å²) in [6.45, 7) is 0.129. The van der Waals surface area contributed by atoms with Gasteiger partial charge in [-0.05, 0) is 19.3 Å². The molecule has 1 saturated carbocycles. The lowest BCUT2D eigenvalue weighted by atomic mass is 9.84. The van der Waals surface area contributed by atoms with E-state index in [2.05, 4.69) is 10.3 Å². The van der Waals surface area contributed by atoms with Crippen molar-refractivity contribution >= 4 is 11.9 Å². The maximum absolute atomic E-state index is 12.3. The number of nitrogens with one attached hydrogen (secondary N) is 1. The highest BCUT2D eigenvalue weighted by atomic mass is 16.7. The number of ether oxygens (including phenoxy) is 2. The minimum absolute atomic E-state index is 0.0518. The second-order valence-corrected chi connectivity index (χ2v) is 8.55. The van der Waals surface area contributed by atoms with Gasteiger partial charge in [-0.15, -0.1) is 0 Å². The zero-order valence-electron chi connectivity index (χ0n) is 18.3. The van der Waals surface area contributed by atoms with Crippen molar-refractivity contribution in [2.24, 2.45) is 39.4 Å². The van der Waals surface area contributed by atoms with E-state index < -0.39 is 73.0 Å². The molecule has 1 amide bonds. The number of rotatable bonds is 9. The monoisotopic (exact) mass is 478 g/mol. The quantitative estimate of drug-likeness (QED) is 0.0835. The number of aliphatic hydroxyl groups excluding tert-OH is 4. The van der Waals surface area contributed by atoms with Crippen LogP contribution in [0.2, 0.25) is 0 Å². The fraction of sp³-hybridized carbons (Fsp3) is 0.889. The largest absolute Gasteiger partial charge is 0.389 e. The molecule has 0 aromatic rings. The molecule has 33 heavy (non-hydrogen) atoms. The van der Waals surface area contributed by atoms with Crippen molar-refractivity contribution in [1.82, 2.24) is 5.32 Å². The summed E-state index contributed by atoms with van der Waals surface area (Å²) >= 11 is 0. The van der Waals surface area contributed by atoms with E-state index in [1.165, 1.54) is 0 Å². The number of nitrogens with zero attached hydrogens (tertiary/aromatic N) is 1. The van der Waals surface area contributed by atoms with Gasteiger partial charge in [-0.25, -0.2) is 0 Å². The molecule has 2 fully saturated rings. The summed E-state index contributed by atoms with van der Waals surface area (Å²) in [7, 11) is 0. The zero-order chi connectivity index (χ0) is 24.9. The highest BCUT2D eigenvalue weighted by Gasteiger charge is 2.48. The van der Waals surface area contributed by atoms with Crippen molar-refractivity contribution < 1.29 is 34.7 Å². The van der Waals surface area contributed by atoms with Crippen LogP contribution in [0.15, 0.2) is 4.99 Å². The summed E-state index contributed by atoms with van der Waals surface area (Å²) in [5.41, 5.74) is 34.0. The third-order valence-corrected chi connectivity index (χ3v) is 5.91. The molecule has 0 aromatic heterocycles. The maximum atomic E-state index is 12.3. The maximum Gasteiger partial charge on any atom is 0.237 e. The standard InChI is InChI=1S/C18H38N8O7/c19-6(2-1-3-25-18(23)24)16(31)26-5-9-12(28)13(29)10(22)17(32-9)33-15-8(21)4-7(20)11(27)14(15)30/h6-15,17,27-30H,1-5,19-22H2,(H,26,31)(H4,23,24,25)/t6?,7-,8+,9+,10+,11+,12+,13+,14-,15-,17+/m0/s1. The number of aliphatic hydroxyl groups is 4. The van der Waals surface area contributed by atoms with E-state index in [9.17, 15) is 25.2 Å². The molecule has 11 atom stereocenters. The van der Waals surface area contributed by atoms with Gasteiger partial charge in [-0.3, -0.25) is 9.79 Å². The number of carbonyl (C=O) groups is 1. The Kier molecular flexibility index (Phi) is 10.2. The molecule has 2 aliphatic rings. The Morgan fingerprint density at radius 3 is 2.36 bits per heavy atom. The minimum Gasteiger partial charge on any atom is -0.389 e. The third kappa shape index (κ3) is 7.16. The Bertz CT molecular complexity index is 670. The zero-order valence-corrected chi connectivity index (χ0v) is 18.3. The van der Waals surface area contributed by atoms with Crippen LogP contribution >= 0.6 is 0 Å². The van der Waals surface area contributed by atoms with Crippen LogP contribution in [-0.2, 0) is 14.3 Å². The molecule has 0 aromatic carbocycles. The summed E-state index contributed by atoms with van der Waals surface area (Å²) in [5, 5.41) is 43.5. The molecule has 192 valence electrons. The van der Waals surface area contributed by atoms with Crippen LogP contribution in [-0.4, -0.2) is 112 Å². The number of guanidine groups is 1. The normalized spacial score (nSPS) is 40.1. The lowest BCUT2D eigenvalue weighted by Gasteiger charge is -2.45. The predicted molar refractivity (Wildman–Crippen MR) is 117 cm³/mol. The van der Waals surface area contributed by atoms with Crippen molar-refractivity contribution in [2.45, 2.75) is 86.3 Å². The molecule has 1 aliphatic heterocycles. The van der Waals surface area contributed by atoms with Crippen LogP contribution in [0.25, 0.3) is 0 Å². The molecule has 1 saturated heterocycles. The Morgan fingerprint density at radius 1 is 1.06 bits per heavy atom. The van der Waals surface area contributed by atoms with Gasteiger partial charge in [0.1, 0.15) is 30.5 Å². The molecule has 15 nitrogen and oxygen atoms in total. The molecule has 17 N–H and O–H groups in total. The van der Waals surface area contributed by atoms with E-state index in [1.54, 1.807) is 0 Å². The van der Waals surface area contributed by atoms with Crippen molar-refractivity contribution in [3.05, 3.63) is 0 Å². The van der Waals surface area contributed by atoms with E-state index in [-0.39, 0.29) is 18.9 Å². The smallest absolute Gasteiger partial charge is 0.237 e. The van der Waals surface area contributed by atoms with Crippen molar-refractivity contribution in [3.8, 4) is 0 Å². The number of aliphatic imine (C=N–C) groups is 1. The van der Waals surface area contributed by atoms with E-state index in [1.807, 2.05) is 0 Å². The van der Waals surface area contributed by atoms with Gasteiger partial charge in [0.05, 0.1) is 18.2 Å². The van der Waals surface area contributed by atoms with Crippen LogP contribution in [0.1, 0.15) is 19.3 Å². The lowest BCUT2D eigenvalue weighted by Crippen LogP contribution is -2.67. The fourth-order valence-corrected chi connectivity index (χ4v) is 3.85. The molecule has 1 aliphatic carbocycles. The van der Waals surface area contributed by atoms with Crippen LogP contribution < -0.4 is 39.7 Å². The van der Waals surface area contributed by atoms with Crippen molar-refractivity contribution in [3.63, 3.8) is 0 Å². The molecule has 2 rings (SSSR count). The average Bonchev–Trinajstić information content (AvgIpc) is 2.76. The number of nitrogens with two attached hydrogens (primary N) is 6. The fourth-order valence-electron chi connectivity index (χ4n) is 3.85. The second-order valence-electron chi connectivity index (χ2n) is 8.55. The van der Waals surface area contributed by atoms with Gasteiger partial charge in [0.15, 0.2) is 12.2 Å².